The molecule has 1 aliphatic rings. The minimum Gasteiger partial charge on any atom is -0.300 e. The van der Waals surface area contributed by atoms with Gasteiger partial charge < -0.3 is 4.90 Å². The van der Waals surface area contributed by atoms with Crippen molar-refractivity contribution in [3.8, 4) is 0 Å². The van der Waals surface area contributed by atoms with Gasteiger partial charge in [-0.1, -0.05) is 12.2 Å². The van der Waals surface area contributed by atoms with E-state index in [-0.39, 0.29) is 0 Å². The molecule has 0 spiro atoms. The van der Waals surface area contributed by atoms with Gasteiger partial charge in [-0.2, -0.15) is 0 Å². The molecule has 0 fully saturated rings. The Hall–Kier alpha value is -0.420. The van der Waals surface area contributed by atoms with Crippen molar-refractivity contribution in [1.82, 2.24) is 20.2 Å². The van der Waals surface area contributed by atoms with Crippen LogP contribution in [-0.4, -0.2) is 68.8 Å². The number of hydrogen-bond donors (Lipinski definition) is 1. The Morgan fingerprint density at radius 2 is 1.86 bits per heavy atom. The van der Waals surface area contributed by atoms with Crippen LogP contribution in [0.25, 0.3) is 0 Å². The van der Waals surface area contributed by atoms with Crippen molar-refractivity contribution in [2.24, 2.45) is 0 Å². The summed E-state index contributed by atoms with van der Waals surface area (Å²) in [6, 6.07) is 0.436. The second-order valence-electron chi connectivity index (χ2n) is 4.14. The van der Waals surface area contributed by atoms with E-state index in [4.69, 9.17) is 0 Å². The first-order valence-corrected chi connectivity index (χ1v) is 5.01. The third-order valence-electron chi connectivity index (χ3n) is 2.67. The van der Waals surface area contributed by atoms with Gasteiger partial charge in [-0.15, -0.1) is 0 Å². The van der Waals surface area contributed by atoms with Crippen LogP contribution in [0.15, 0.2) is 12.2 Å². The van der Waals surface area contributed by atoms with E-state index in [2.05, 4.69) is 60.6 Å². The van der Waals surface area contributed by atoms with Gasteiger partial charge in [0.05, 0.1) is 12.2 Å². The summed E-state index contributed by atoms with van der Waals surface area (Å²) in [6.45, 7) is 0.962. The van der Waals surface area contributed by atoms with Crippen molar-refractivity contribution >= 4 is 0 Å². The maximum Gasteiger partial charge on any atom is 0.0949 e. The molecule has 4 nitrogen and oxygen atoms in total. The van der Waals surface area contributed by atoms with Crippen LogP contribution < -0.4 is 5.43 Å². The molecule has 2 atom stereocenters. The predicted octanol–water partition coefficient (Wildman–Crippen LogP) is -0.189. The summed E-state index contributed by atoms with van der Waals surface area (Å²) in [5.41, 5.74) is 3.23. The lowest BCUT2D eigenvalue weighted by Gasteiger charge is -2.43. The van der Waals surface area contributed by atoms with Crippen molar-refractivity contribution in [2.45, 2.75) is 12.2 Å². The van der Waals surface area contributed by atoms with Gasteiger partial charge in [0.25, 0.3) is 0 Å². The van der Waals surface area contributed by atoms with Gasteiger partial charge in [0.2, 0.25) is 0 Å². The number of hydrogen-bond acceptors (Lipinski definition) is 4. The van der Waals surface area contributed by atoms with Crippen molar-refractivity contribution in [2.75, 3.05) is 41.8 Å². The monoisotopic (exact) mass is 198 g/mol. The Bertz CT molecular complexity index is 200. The van der Waals surface area contributed by atoms with Crippen LogP contribution in [0, 0.1) is 0 Å². The zero-order valence-electron chi connectivity index (χ0n) is 9.86. The van der Waals surface area contributed by atoms with Gasteiger partial charge in [-0.25, -0.2) is 5.01 Å². The molecule has 0 saturated carbocycles. The van der Waals surface area contributed by atoms with Gasteiger partial charge in [-0.05, 0) is 35.2 Å². The molecular formula is C10H22N4. The average molecular weight is 198 g/mol. The second kappa shape index (κ2) is 4.89. The Kier molecular flexibility index (Phi) is 4.07. The molecule has 0 aromatic carbocycles. The minimum atomic E-state index is 0.389. The number of nitrogens with zero attached hydrogens (tertiary/aromatic N) is 3. The van der Waals surface area contributed by atoms with E-state index in [0.717, 1.165) is 6.54 Å². The largest absolute Gasteiger partial charge is 0.300 e. The highest BCUT2D eigenvalue weighted by Crippen LogP contribution is 2.15. The van der Waals surface area contributed by atoms with E-state index in [1.807, 2.05) is 7.05 Å². The lowest BCUT2D eigenvalue weighted by atomic mass is 10.1. The fraction of sp³-hybridized carbons (Fsp3) is 0.800. The molecule has 1 rings (SSSR count). The summed E-state index contributed by atoms with van der Waals surface area (Å²) < 4.78 is 0. The molecule has 0 aromatic heterocycles. The van der Waals surface area contributed by atoms with Gasteiger partial charge in [0, 0.05) is 6.54 Å². The molecule has 0 aliphatic carbocycles. The van der Waals surface area contributed by atoms with Gasteiger partial charge in [0.1, 0.15) is 0 Å². The van der Waals surface area contributed by atoms with E-state index < -0.39 is 0 Å². The highest BCUT2D eigenvalue weighted by Gasteiger charge is 2.30. The van der Waals surface area contributed by atoms with Crippen LogP contribution in [0.5, 0.6) is 0 Å². The summed E-state index contributed by atoms with van der Waals surface area (Å²) in [7, 11) is 10.4. The van der Waals surface area contributed by atoms with Crippen LogP contribution >= 0.6 is 0 Å². The average Bonchev–Trinajstić information content (AvgIpc) is 2.16. The Balaban J connectivity index is 2.82. The first-order valence-electron chi connectivity index (χ1n) is 5.01. The molecule has 0 saturated heterocycles. The van der Waals surface area contributed by atoms with Crippen LogP contribution in [0.4, 0.5) is 0 Å². The maximum atomic E-state index is 3.23. The molecular weight excluding hydrogens is 176 g/mol. The summed E-state index contributed by atoms with van der Waals surface area (Å²) in [6.07, 6.45) is 4.87. The SMILES string of the molecule is CNN1CC=CC(N(C)C)C1N(C)C. The third kappa shape index (κ3) is 2.33. The van der Waals surface area contributed by atoms with E-state index in [9.17, 15) is 0 Å². The van der Waals surface area contributed by atoms with Crippen LogP contribution in [0.3, 0.4) is 0 Å². The van der Waals surface area contributed by atoms with E-state index in [1.54, 1.807) is 0 Å². The quantitative estimate of drug-likeness (QED) is 0.635. The second-order valence-corrected chi connectivity index (χ2v) is 4.14. The molecule has 1 N–H and O–H groups in total. The van der Waals surface area contributed by atoms with Crippen molar-refractivity contribution in [3.63, 3.8) is 0 Å². The summed E-state index contributed by atoms with van der Waals surface area (Å²) in [4.78, 5) is 4.48. The topological polar surface area (TPSA) is 21.8 Å². The van der Waals surface area contributed by atoms with E-state index in [0.29, 0.717) is 12.2 Å². The first kappa shape index (κ1) is 11.7. The molecule has 0 amide bonds. The zero-order chi connectivity index (χ0) is 10.7. The van der Waals surface area contributed by atoms with Crippen LogP contribution in [0.2, 0.25) is 0 Å². The molecule has 4 heteroatoms. The Morgan fingerprint density at radius 3 is 2.29 bits per heavy atom. The highest BCUT2D eigenvalue weighted by atomic mass is 15.6. The normalized spacial score (nSPS) is 29.1. The number of hydrazine groups is 1. The molecule has 0 aromatic rings. The number of nitrogens with one attached hydrogen (secondary N) is 1. The van der Waals surface area contributed by atoms with E-state index >= 15 is 0 Å². The lowest BCUT2D eigenvalue weighted by Crippen LogP contribution is -2.61. The fourth-order valence-electron chi connectivity index (χ4n) is 1.95. The minimum absolute atomic E-state index is 0.389. The number of likely N-dealkylation sites (N-methyl/N-ethyl adjacent to an activating group) is 2. The maximum absolute atomic E-state index is 3.23. The predicted molar refractivity (Wildman–Crippen MR) is 59.9 cm³/mol. The number of rotatable bonds is 3. The van der Waals surface area contributed by atoms with Crippen molar-refractivity contribution in [1.29, 1.82) is 0 Å². The van der Waals surface area contributed by atoms with Gasteiger partial charge in [0.15, 0.2) is 0 Å². The zero-order valence-corrected chi connectivity index (χ0v) is 9.86. The van der Waals surface area contributed by atoms with E-state index in [1.165, 1.54) is 0 Å². The third-order valence-corrected chi connectivity index (χ3v) is 2.67. The molecule has 82 valence electrons. The summed E-state index contributed by atoms with van der Waals surface area (Å²) >= 11 is 0. The van der Waals surface area contributed by atoms with Crippen molar-refractivity contribution < 1.29 is 0 Å². The first-order chi connectivity index (χ1) is 6.57. The molecule has 14 heavy (non-hydrogen) atoms. The van der Waals surface area contributed by atoms with Crippen LogP contribution in [0.1, 0.15) is 0 Å². The smallest absolute Gasteiger partial charge is 0.0949 e. The van der Waals surface area contributed by atoms with Crippen LogP contribution in [-0.2, 0) is 0 Å². The molecule has 0 bridgehead atoms. The summed E-state index contributed by atoms with van der Waals surface area (Å²) in [5.74, 6) is 0. The highest BCUT2D eigenvalue weighted by molar-refractivity contribution is 5.05. The molecule has 1 heterocycles. The molecule has 2 unspecified atom stereocenters. The summed E-state index contributed by atoms with van der Waals surface area (Å²) in [5, 5.41) is 2.24. The standard InChI is InChI=1S/C10H22N4/c1-11-14-8-6-7-9(12(2)3)10(14)13(4)5/h6-7,9-11H,8H2,1-5H3. The molecule has 0 radical (unpaired) electrons. The van der Waals surface area contributed by atoms with Crippen molar-refractivity contribution in [3.05, 3.63) is 12.2 Å². The van der Waals surface area contributed by atoms with Gasteiger partial charge >= 0.3 is 0 Å². The molecule has 1 aliphatic heterocycles. The Morgan fingerprint density at radius 1 is 1.21 bits per heavy atom. The lowest BCUT2D eigenvalue weighted by molar-refractivity contribution is 0.00248. The Labute approximate surface area is 87.1 Å². The fourth-order valence-corrected chi connectivity index (χ4v) is 1.95. The van der Waals surface area contributed by atoms with Gasteiger partial charge in [-0.3, -0.25) is 10.3 Å².